The van der Waals surface area contributed by atoms with Gasteiger partial charge in [-0.05, 0) is 91.3 Å². The van der Waals surface area contributed by atoms with E-state index in [-0.39, 0.29) is 23.2 Å². The normalized spacial score (nSPS) is 64.0. The van der Waals surface area contributed by atoms with Crippen molar-refractivity contribution in [3.05, 3.63) is 0 Å². The van der Waals surface area contributed by atoms with Crippen LogP contribution in [0.3, 0.4) is 0 Å². The van der Waals surface area contributed by atoms with Crippen LogP contribution >= 0.6 is 0 Å². The topological polar surface area (TPSA) is 58.9 Å². The molecule has 6 rings (SSSR count). The van der Waals surface area contributed by atoms with E-state index in [4.69, 9.17) is 9.47 Å². The van der Waals surface area contributed by atoms with Crippen LogP contribution in [-0.2, 0) is 9.47 Å². The molecule has 4 heteroatoms. The molecular weight excluding hydrogens is 400 g/mol. The molecule has 4 aliphatic carbocycles. The van der Waals surface area contributed by atoms with Gasteiger partial charge in [-0.1, -0.05) is 34.6 Å². The first kappa shape index (κ1) is 22.3. The molecule has 2 aliphatic heterocycles. The highest BCUT2D eigenvalue weighted by Crippen LogP contribution is 2.72. The minimum Gasteiger partial charge on any atom is -0.393 e. The number of fused-ring (bicyclic) bond motifs is 7. The summed E-state index contributed by atoms with van der Waals surface area (Å²) in [6.07, 6.45) is 9.42. The predicted molar refractivity (Wildman–Crippen MR) is 124 cm³/mol. The molecular formula is C28H46O4. The number of aliphatic hydroxyl groups excluding tert-OH is 1. The molecule has 1 spiro atoms. The number of hydrogen-bond donors (Lipinski definition) is 2. The summed E-state index contributed by atoms with van der Waals surface area (Å²) in [7, 11) is 0. The smallest absolute Gasteiger partial charge is 0.171 e. The fourth-order valence-corrected chi connectivity index (χ4v) is 10.7. The van der Waals surface area contributed by atoms with Crippen LogP contribution in [0.4, 0.5) is 0 Å². The van der Waals surface area contributed by atoms with Crippen LogP contribution < -0.4 is 0 Å². The second kappa shape index (κ2) is 6.95. The maximum absolute atomic E-state index is 11.9. The number of aliphatic hydroxyl groups is 2. The van der Waals surface area contributed by atoms with Crippen molar-refractivity contribution in [3.8, 4) is 0 Å². The Balaban J connectivity index is 1.30. The second-order valence-electron chi connectivity index (χ2n) is 13.8. The van der Waals surface area contributed by atoms with E-state index in [1.807, 2.05) is 0 Å². The molecule has 182 valence electrons. The first-order chi connectivity index (χ1) is 15.0. The molecule has 2 N–H and O–H groups in total. The lowest BCUT2D eigenvalue weighted by molar-refractivity contribution is -0.276. The molecule has 2 saturated heterocycles. The maximum atomic E-state index is 11.9. The third-order valence-electron chi connectivity index (χ3n) is 12.5. The van der Waals surface area contributed by atoms with Crippen LogP contribution in [0.2, 0.25) is 0 Å². The van der Waals surface area contributed by atoms with Gasteiger partial charge in [0.05, 0.1) is 24.4 Å². The molecule has 32 heavy (non-hydrogen) atoms. The highest BCUT2D eigenvalue weighted by Gasteiger charge is 2.71. The highest BCUT2D eigenvalue weighted by atomic mass is 16.7. The van der Waals surface area contributed by atoms with Gasteiger partial charge >= 0.3 is 0 Å². The van der Waals surface area contributed by atoms with Crippen molar-refractivity contribution in [2.75, 3.05) is 6.61 Å². The molecule has 0 aromatic rings. The van der Waals surface area contributed by atoms with Crippen molar-refractivity contribution >= 4 is 0 Å². The average molecular weight is 447 g/mol. The van der Waals surface area contributed by atoms with Crippen molar-refractivity contribution < 1.29 is 19.7 Å². The quantitative estimate of drug-likeness (QED) is 0.540. The first-order valence-electron chi connectivity index (χ1n) is 13.8. The van der Waals surface area contributed by atoms with E-state index in [1.165, 1.54) is 25.7 Å². The Bertz CT molecular complexity index is 761. The van der Waals surface area contributed by atoms with Crippen LogP contribution in [0.1, 0.15) is 92.4 Å². The van der Waals surface area contributed by atoms with Gasteiger partial charge in [0.25, 0.3) is 0 Å². The minimum absolute atomic E-state index is 0.0656. The van der Waals surface area contributed by atoms with E-state index in [1.54, 1.807) is 0 Å². The molecule has 13 atom stereocenters. The van der Waals surface area contributed by atoms with Gasteiger partial charge in [0.15, 0.2) is 5.79 Å². The molecule has 2 heterocycles. The summed E-state index contributed by atoms with van der Waals surface area (Å²) in [4.78, 5) is 0. The summed E-state index contributed by atoms with van der Waals surface area (Å²) in [5.41, 5.74) is -0.459. The van der Waals surface area contributed by atoms with Crippen LogP contribution in [0.15, 0.2) is 0 Å². The predicted octanol–water partition coefficient (Wildman–Crippen LogP) is 5.15. The minimum atomic E-state index is -0.714. The molecule has 0 aromatic carbocycles. The molecule has 10 unspecified atom stereocenters. The molecule has 4 nitrogen and oxygen atoms in total. The molecule has 0 radical (unpaired) electrons. The van der Waals surface area contributed by atoms with Crippen molar-refractivity contribution in [2.24, 2.45) is 52.3 Å². The van der Waals surface area contributed by atoms with Crippen molar-refractivity contribution in [1.82, 2.24) is 0 Å². The van der Waals surface area contributed by atoms with Crippen molar-refractivity contribution in [2.45, 2.75) is 116 Å². The SMILES string of the molecule is CC1C2C(CC3C4CC(C)[C@@]5(O)CC(O)CCC5(C)C4CCC32C)O[C@]12CC[C@@H](C)CO2. The fraction of sp³-hybridized carbons (Fsp3) is 1.00. The largest absolute Gasteiger partial charge is 0.393 e. The average Bonchev–Trinajstić information content (AvgIpc) is 3.18. The third-order valence-corrected chi connectivity index (χ3v) is 12.5. The van der Waals surface area contributed by atoms with Gasteiger partial charge in [0, 0.05) is 18.8 Å². The Labute approximate surface area is 194 Å². The zero-order chi connectivity index (χ0) is 22.7. The maximum Gasteiger partial charge on any atom is 0.171 e. The Hall–Kier alpha value is -0.160. The van der Waals surface area contributed by atoms with Gasteiger partial charge in [0.2, 0.25) is 0 Å². The molecule has 6 fully saturated rings. The van der Waals surface area contributed by atoms with Crippen LogP contribution in [0, 0.1) is 52.3 Å². The van der Waals surface area contributed by atoms with Gasteiger partial charge in [-0.15, -0.1) is 0 Å². The monoisotopic (exact) mass is 446 g/mol. The summed E-state index contributed by atoms with van der Waals surface area (Å²) < 4.78 is 13.4. The number of hydrogen-bond acceptors (Lipinski definition) is 4. The lowest BCUT2D eigenvalue weighted by Gasteiger charge is -2.66. The lowest BCUT2D eigenvalue weighted by Crippen LogP contribution is -2.66. The van der Waals surface area contributed by atoms with E-state index < -0.39 is 5.60 Å². The lowest BCUT2D eigenvalue weighted by atomic mass is 9.41. The standard InChI is InChI=1S/C28H46O4/c1-16-6-11-28(31-15-16)18(3)24-23(32-28)13-22-20-12-17(2)27(30)14-19(29)7-10-26(27,5)21(20)8-9-25(22,24)4/h16-24,29-30H,6-15H2,1-5H3/t16-,17?,18?,19?,20?,21?,22?,23?,24?,25?,26?,27+,28-/m1/s1. The summed E-state index contributed by atoms with van der Waals surface area (Å²) >= 11 is 0. The van der Waals surface area contributed by atoms with Crippen molar-refractivity contribution in [1.29, 1.82) is 0 Å². The number of rotatable bonds is 0. The van der Waals surface area contributed by atoms with Crippen molar-refractivity contribution in [3.63, 3.8) is 0 Å². The second-order valence-corrected chi connectivity index (χ2v) is 13.8. The molecule has 4 saturated carbocycles. The number of ether oxygens (including phenoxy) is 2. The zero-order valence-electron chi connectivity index (χ0n) is 21.0. The summed E-state index contributed by atoms with van der Waals surface area (Å²) in [6.45, 7) is 12.8. The van der Waals surface area contributed by atoms with E-state index >= 15 is 0 Å². The highest BCUT2D eigenvalue weighted by molar-refractivity contribution is 5.19. The van der Waals surface area contributed by atoms with E-state index in [2.05, 4.69) is 34.6 Å². The van der Waals surface area contributed by atoms with Gasteiger partial charge in [0.1, 0.15) is 0 Å². The summed E-state index contributed by atoms with van der Waals surface area (Å²) in [5.74, 6) is 3.56. The van der Waals surface area contributed by atoms with Crippen LogP contribution in [0.25, 0.3) is 0 Å². The van der Waals surface area contributed by atoms with Crippen LogP contribution in [-0.4, -0.2) is 40.4 Å². The molecule has 0 bridgehead atoms. The van der Waals surface area contributed by atoms with E-state index in [0.717, 1.165) is 32.3 Å². The molecule has 0 aromatic heterocycles. The van der Waals surface area contributed by atoms with E-state index in [9.17, 15) is 10.2 Å². The van der Waals surface area contributed by atoms with Crippen LogP contribution in [0.5, 0.6) is 0 Å². The zero-order valence-corrected chi connectivity index (χ0v) is 21.0. The Morgan fingerprint density at radius 3 is 2.41 bits per heavy atom. The first-order valence-corrected chi connectivity index (χ1v) is 13.8. The van der Waals surface area contributed by atoms with Gasteiger partial charge in [-0.2, -0.15) is 0 Å². The van der Waals surface area contributed by atoms with E-state index in [0.29, 0.717) is 53.4 Å². The summed E-state index contributed by atoms with van der Waals surface area (Å²) in [5, 5.41) is 22.3. The Morgan fingerprint density at radius 1 is 0.906 bits per heavy atom. The third kappa shape index (κ3) is 2.65. The Morgan fingerprint density at radius 2 is 1.69 bits per heavy atom. The van der Waals surface area contributed by atoms with Gasteiger partial charge < -0.3 is 19.7 Å². The molecule has 0 amide bonds. The molecule has 6 aliphatic rings. The summed E-state index contributed by atoms with van der Waals surface area (Å²) in [6, 6.07) is 0. The van der Waals surface area contributed by atoms with Gasteiger partial charge in [-0.25, -0.2) is 0 Å². The van der Waals surface area contributed by atoms with Gasteiger partial charge in [-0.3, -0.25) is 0 Å². The fourth-order valence-electron chi connectivity index (χ4n) is 10.7. The Kier molecular flexibility index (Phi) is 4.85.